The van der Waals surface area contributed by atoms with Gasteiger partial charge in [0.1, 0.15) is 0 Å². The zero-order valence-electron chi connectivity index (χ0n) is 7.87. The molecule has 0 aliphatic rings. The summed E-state index contributed by atoms with van der Waals surface area (Å²) in [7, 11) is 0. The molecule has 0 bridgehead atoms. The Kier molecular flexibility index (Phi) is 6.62. The maximum atomic E-state index is 11.0. The molecule has 1 amide bonds. The largest absolute Gasteiger partial charge is 0.393 e. The molecule has 0 rings (SSSR count). The highest BCUT2D eigenvalue weighted by Crippen LogP contribution is 2.06. The first-order valence-electron chi connectivity index (χ1n) is 4.10. The topological polar surface area (TPSA) is 66.4 Å². The van der Waals surface area contributed by atoms with Crippen LogP contribution in [0.5, 0.6) is 0 Å². The molecule has 5 heteroatoms. The average Bonchev–Trinajstić information content (AvgIpc) is 1.96. The Morgan fingerprint density at radius 3 is 2.62 bits per heavy atom. The van der Waals surface area contributed by atoms with Gasteiger partial charge in [0.05, 0.1) is 6.10 Å². The number of aliphatic hydroxyl groups is 1. The number of rotatable bonds is 5. The molecular weight excluding hydrogens is 192 g/mol. The Labute approximate surface area is 82.1 Å². The van der Waals surface area contributed by atoms with Crippen LogP contribution < -0.4 is 5.32 Å². The van der Waals surface area contributed by atoms with Crippen LogP contribution in [0.15, 0.2) is 0 Å². The van der Waals surface area contributed by atoms with Gasteiger partial charge in [-0.3, -0.25) is 9.59 Å². The quantitative estimate of drug-likeness (QED) is 0.497. The van der Waals surface area contributed by atoms with E-state index < -0.39 is 6.10 Å². The molecule has 0 aromatic carbocycles. The fourth-order valence-electron chi connectivity index (χ4n) is 0.692. The molecule has 4 nitrogen and oxygen atoms in total. The van der Waals surface area contributed by atoms with Crippen LogP contribution in [0.1, 0.15) is 20.3 Å². The third-order valence-corrected chi connectivity index (χ3v) is 2.10. The monoisotopic (exact) mass is 207 g/mol. The average molecular weight is 207 g/mol. The van der Waals surface area contributed by atoms with Gasteiger partial charge in [0.15, 0.2) is 5.12 Å². The van der Waals surface area contributed by atoms with Crippen LogP contribution in [0.3, 0.4) is 0 Å². The highest BCUT2D eigenvalue weighted by atomic mass is 32.2. The number of hydrogen-bond acceptors (Lipinski definition) is 4. The Balaban J connectivity index is 3.32. The Morgan fingerprint density at radius 1 is 1.54 bits per heavy atom. The Morgan fingerprint density at radius 2 is 2.15 bits per heavy atom. The molecule has 0 radical (unpaired) electrons. The maximum Gasteiger partial charge on any atom is 0.216 e. The van der Waals surface area contributed by atoms with E-state index in [-0.39, 0.29) is 17.4 Å². The Hall–Kier alpha value is -0.550. The van der Waals surface area contributed by atoms with Crippen molar-refractivity contribution in [1.82, 2.24) is 5.32 Å². The van der Waals surface area contributed by atoms with Gasteiger partial charge >= 0.3 is 0 Å². The molecule has 0 unspecified atom stereocenters. The van der Waals surface area contributed by atoms with Gasteiger partial charge in [-0.25, -0.2) is 0 Å². The van der Waals surface area contributed by atoms with Crippen LogP contribution >= 0.6 is 11.8 Å². The number of nitrogens with one attached hydrogen (secondary N) is 1. The second-order valence-corrected chi connectivity index (χ2v) is 3.91. The third kappa shape index (κ3) is 9.36. The molecule has 0 saturated heterocycles. The fourth-order valence-corrected chi connectivity index (χ4v) is 1.48. The highest BCUT2D eigenvalue weighted by molar-refractivity contribution is 8.13. The molecule has 0 aromatic heterocycles. The van der Waals surface area contributed by atoms with Gasteiger partial charge in [-0.1, -0.05) is 11.8 Å². The molecule has 0 aliphatic carbocycles. The van der Waals surface area contributed by atoms with E-state index in [9.17, 15) is 9.59 Å². The van der Waals surface area contributed by atoms with Crippen LogP contribution in [0, 0.1) is 0 Å². The number of hydrogen-bond donors (Lipinski definition) is 2. The molecular formula is C8H15NO3S. The van der Waals surface area contributed by atoms with Crippen molar-refractivity contribution < 1.29 is 14.7 Å². The second-order valence-electron chi connectivity index (χ2n) is 2.76. The summed E-state index contributed by atoms with van der Waals surface area (Å²) in [6.07, 6.45) is -0.411. The van der Waals surface area contributed by atoms with Crippen molar-refractivity contribution >= 4 is 22.8 Å². The van der Waals surface area contributed by atoms with Crippen molar-refractivity contribution in [3.8, 4) is 0 Å². The van der Waals surface area contributed by atoms with E-state index in [0.29, 0.717) is 12.3 Å². The predicted molar refractivity (Wildman–Crippen MR) is 52.4 cm³/mol. The lowest BCUT2D eigenvalue weighted by Gasteiger charge is -2.03. The van der Waals surface area contributed by atoms with Crippen molar-refractivity contribution in [3.05, 3.63) is 0 Å². The van der Waals surface area contributed by atoms with Gasteiger partial charge in [-0.2, -0.15) is 0 Å². The molecule has 1 atom stereocenters. The van der Waals surface area contributed by atoms with Gasteiger partial charge in [0.25, 0.3) is 0 Å². The number of carbonyl (C=O) groups excluding carboxylic acids is 2. The van der Waals surface area contributed by atoms with Crippen LogP contribution in [0.25, 0.3) is 0 Å². The normalized spacial score (nSPS) is 12.2. The maximum absolute atomic E-state index is 11.0. The summed E-state index contributed by atoms with van der Waals surface area (Å²) in [5.41, 5.74) is 0. The first-order chi connectivity index (χ1) is 6.02. The number of thioether (sulfide) groups is 1. The van der Waals surface area contributed by atoms with Gasteiger partial charge in [-0.15, -0.1) is 0 Å². The Bertz CT molecular complexity index is 182. The summed E-state index contributed by atoms with van der Waals surface area (Å²) in [6.45, 7) is 3.50. The van der Waals surface area contributed by atoms with E-state index in [1.165, 1.54) is 6.92 Å². The lowest BCUT2D eigenvalue weighted by Crippen LogP contribution is -2.23. The smallest absolute Gasteiger partial charge is 0.216 e. The first-order valence-corrected chi connectivity index (χ1v) is 5.09. The van der Waals surface area contributed by atoms with E-state index in [0.717, 1.165) is 11.8 Å². The molecule has 0 saturated carbocycles. The van der Waals surface area contributed by atoms with Crippen molar-refractivity contribution in [2.24, 2.45) is 0 Å². The van der Waals surface area contributed by atoms with Crippen LogP contribution in [-0.2, 0) is 9.59 Å². The van der Waals surface area contributed by atoms with Crippen LogP contribution in [0.2, 0.25) is 0 Å². The number of aliphatic hydroxyl groups excluding tert-OH is 1. The zero-order valence-corrected chi connectivity index (χ0v) is 8.69. The number of amides is 1. The van der Waals surface area contributed by atoms with Gasteiger partial charge in [-0.05, 0) is 6.92 Å². The van der Waals surface area contributed by atoms with E-state index in [1.807, 2.05) is 0 Å². The van der Waals surface area contributed by atoms with E-state index in [4.69, 9.17) is 5.11 Å². The van der Waals surface area contributed by atoms with Crippen molar-refractivity contribution in [2.45, 2.75) is 26.4 Å². The summed E-state index contributed by atoms with van der Waals surface area (Å²) in [5, 5.41) is 11.4. The minimum Gasteiger partial charge on any atom is -0.393 e. The lowest BCUT2D eigenvalue weighted by atomic mass is 10.6. The summed E-state index contributed by atoms with van der Waals surface area (Å²) in [5.74, 6) is 0.467. The van der Waals surface area contributed by atoms with Crippen molar-refractivity contribution in [1.29, 1.82) is 0 Å². The van der Waals surface area contributed by atoms with E-state index in [1.54, 1.807) is 6.92 Å². The summed E-state index contributed by atoms with van der Waals surface area (Å²) >= 11 is 1.13. The van der Waals surface area contributed by atoms with Gasteiger partial charge < -0.3 is 10.4 Å². The second kappa shape index (κ2) is 6.91. The fraction of sp³-hybridized carbons (Fsp3) is 0.750. The summed E-state index contributed by atoms with van der Waals surface area (Å²) < 4.78 is 0. The van der Waals surface area contributed by atoms with Crippen molar-refractivity contribution in [3.63, 3.8) is 0 Å². The van der Waals surface area contributed by atoms with Gasteiger partial charge in [0, 0.05) is 25.6 Å². The van der Waals surface area contributed by atoms with Crippen LogP contribution in [0.4, 0.5) is 0 Å². The minimum absolute atomic E-state index is 0.0413. The molecule has 13 heavy (non-hydrogen) atoms. The lowest BCUT2D eigenvalue weighted by molar-refractivity contribution is -0.119. The van der Waals surface area contributed by atoms with Crippen LogP contribution in [-0.4, -0.2) is 34.5 Å². The van der Waals surface area contributed by atoms with E-state index in [2.05, 4.69) is 5.32 Å². The zero-order chi connectivity index (χ0) is 10.3. The summed E-state index contributed by atoms with van der Waals surface area (Å²) in [4.78, 5) is 21.4. The minimum atomic E-state index is -0.583. The standard InChI is InChI=1S/C8H15NO3S/c1-6(10)5-8(12)13-4-3-9-7(2)11/h6,10H,3-5H2,1-2H3,(H,9,11)/t6-/m0/s1/i5+1,6+1. The van der Waals surface area contributed by atoms with Gasteiger partial charge in [0.2, 0.25) is 5.91 Å². The molecule has 0 fully saturated rings. The highest BCUT2D eigenvalue weighted by Gasteiger charge is 2.06. The predicted octanol–water partition coefficient (Wildman–Crippen LogP) is 0.153. The molecule has 2 N–H and O–H groups in total. The first kappa shape index (κ1) is 12.4. The molecule has 0 aliphatic heterocycles. The van der Waals surface area contributed by atoms with Crippen molar-refractivity contribution in [2.75, 3.05) is 12.3 Å². The SMILES string of the molecule is CC(=O)NCCSC(=O)[13CH2][13C@H](C)O. The third-order valence-electron chi connectivity index (χ3n) is 1.20. The van der Waals surface area contributed by atoms with E-state index >= 15 is 0 Å². The number of carbonyl (C=O) groups is 2. The molecule has 0 spiro atoms. The molecule has 0 heterocycles. The summed E-state index contributed by atoms with van der Waals surface area (Å²) in [6, 6.07) is 0. The molecule has 0 aromatic rings. The molecule has 76 valence electrons.